The number of carbonyl (C=O) groups is 2. The Bertz CT molecular complexity index is 939. The first-order valence-corrected chi connectivity index (χ1v) is 10.3. The molecule has 2 N–H and O–H groups in total. The highest BCUT2D eigenvalue weighted by atomic mass is 32.1. The number of benzene rings is 2. The Hall–Kier alpha value is -3.19. The molecule has 0 saturated heterocycles. The van der Waals surface area contributed by atoms with Gasteiger partial charge in [-0.15, -0.1) is 11.3 Å². The largest absolute Gasteiger partial charge is 0.494 e. The first kappa shape index (κ1) is 20.5. The molecule has 1 aromatic heterocycles. The summed E-state index contributed by atoms with van der Waals surface area (Å²) >= 11 is 1.48. The first-order valence-electron chi connectivity index (χ1n) is 9.39. The number of thiazole rings is 1. The van der Waals surface area contributed by atoms with Crippen molar-refractivity contribution in [3.63, 3.8) is 0 Å². The van der Waals surface area contributed by atoms with E-state index < -0.39 is 0 Å². The summed E-state index contributed by atoms with van der Waals surface area (Å²) in [6.45, 7) is 2.95. The van der Waals surface area contributed by atoms with Gasteiger partial charge in [0.05, 0.1) is 25.3 Å². The molecular formula is C22H23N3O3S. The van der Waals surface area contributed by atoms with Crippen LogP contribution in [0.5, 0.6) is 5.75 Å². The fraction of sp³-hybridized carbons (Fsp3) is 0.227. The van der Waals surface area contributed by atoms with Crippen LogP contribution in [0.15, 0.2) is 60.0 Å². The summed E-state index contributed by atoms with van der Waals surface area (Å²) in [6, 6.07) is 17.3. The molecule has 0 bridgehead atoms. The quantitative estimate of drug-likeness (QED) is 0.569. The van der Waals surface area contributed by atoms with Crippen LogP contribution in [0.4, 0.5) is 0 Å². The van der Waals surface area contributed by atoms with Gasteiger partial charge < -0.3 is 15.4 Å². The van der Waals surface area contributed by atoms with Gasteiger partial charge in [-0.3, -0.25) is 9.59 Å². The van der Waals surface area contributed by atoms with Gasteiger partial charge in [0.1, 0.15) is 10.8 Å². The van der Waals surface area contributed by atoms with Crippen LogP contribution in [0.3, 0.4) is 0 Å². The smallest absolute Gasteiger partial charge is 0.239 e. The fourth-order valence-electron chi connectivity index (χ4n) is 2.65. The molecule has 29 heavy (non-hydrogen) atoms. The molecule has 0 unspecified atom stereocenters. The van der Waals surface area contributed by atoms with Crippen molar-refractivity contribution < 1.29 is 14.3 Å². The average Bonchev–Trinajstić information content (AvgIpc) is 3.20. The third kappa shape index (κ3) is 6.43. The summed E-state index contributed by atoms with van der Waals surface area (Å²) < 4.78 is 5.44. The maximum atomic E-state index is 12.1. The standard InChI is InChI=1S/C22H23N3O3S/c1-2-28-19-10-8-17(9-11-19)22-25-18(15-29-22)12-20(26)24-14-21(27)23-13-16-6-4-3-5-7-16/h3-11,15H,2,12-14H2,1H3,(H,23,27)(H,24,26). The summed E-state index contributed by atoms with van der Waals surface area (Å²) in [5, 5.41) is 8.12. The van der Waals surface area contributed by atoms with E-state index in [1.807, 2.05) is 66.9 Å². The molecule has 2 aromatic carbocycles. The second-order valence-corrected chi connectivity index (χ2v) is 7.18. The number of carbonyl (C=O) groups excluding carboxylic acids is 2. The minimum atomic E-state index is -0.233. The summed E-state index contributed by atoms with van der Waals surface area (Å²) in [7, 11) is 0. The van der Waals surface area contributed by atoms with Gasteiger partial charge in [0.2, 0.25) is 11.8 Å². The van der Waals surface area contributed by atoms with Crippen LogP contribution in [-0.2, 0) is 22.6 Å². The predicted octanol–water partition coefficient (Wildman–Crippen LogP) is 3.18. The van der Waals surface area contributed by atoms with E-state index in [9.17, 15) is 9.59 Å². The van der Waals surface area contributed by atoms with E-state index in [2.05, 4.69) is 15.6 Å². The number of nitrogens with one attached hydrogen (secondary N) is 2. The molecule has 0 radical (unpaired) electrons. The molecule has 0 aliphatic carbocycles. The molecule has 0 aliphatic heterocycles. The minimum Gasteiger partial charge on any atom is -0.494 e. The maximum absolute atomic E-state index is 12.1. The highest BCUT2D eigenvalue weighted by molar-refractivity contribution is 7.13. The van der Waals surface area contributed by atoms with Gasteiger partial charge in [0.25, 0.3) is 0 Å². The van der Waals surface area contributed by atoms with Crippen LogP contribution >= 0.6 is 11.3 Å². The van der Waals surface area contributed by atoms with E-state index in [1.165, 1.54) is 11.3 Å². The van der Waals surface area contributed by atoms with Gasteiger partial charge in [-0.2, -0.15) is 0 Å². The SMILES string of the molecule is CCOc1ccc(-c2nc(CC(=O)NCC(=O)NCc3ccccc3)cs2)cc1. The van der Waals surface area contributed by atoms with Crippen molar-refractivity contribution in [1.29, 1.82) is 0 Å². The lowest BCUT2D eigenvalue weighted by molar-refractivity contribution is -0.125. The van der Waals surface area contributed by atoms with Crippen LogP contribution < -0.4 is 15.4 Å². The Morgan fingerprint density at radius 3 is 2.48 bits per heavy atom. The zero-order chi connectivity index (χ0) is 20.5. The van der Waals surface area contributed by atoms with Gasteiger partial charge >= 0.3 is 0 Å². The Balaban J connectivity index is 1.44. The highest BCUT2D eigenvalue weighted by Crippen LogP contribution is 2.25. The number of hydrogen-bond acceptors (Lipinski definition) is 5. The van der Waals surface area contributed by atoms with Crippen molar-refractivity contribution in [2.45, 2.75) is 19.9 Å². The highest BCUT2D eigenvalue weighted by Gasteiger charge is 2.10. The molecule has 0 aliphatic rings. The van der Waals surface area contributed by atoms with Crippen molar-refractivity contribution in [3.8, 4) is 16.3 Å². The van der Waals surface area contributed by atoms with Crippen molar-refractivity contribution in [2.75, 3.05) is 13.2 Å². The fourth-order valence-corrected chi connectivity index (χ4v) is 3.47. The molecule has 6 nitrogen and oxygen atoms in total. The predicted molar refractivity (Wildman–Crippen MR) is 114 cm³/mol. The zero-order valence-corrected chi connectivity index (χ0v) is 17.0. The molecule has 0 atom stereocenters. The first-order chi connectivity index (χ1) is 14.1. The molecular weight excluding hydrogens is 386 g/mol. The van der Waals surface area contributed by atoms with Crippen LogP contribution in [0.25, 0.3) is 10.6 Å². The number of ether oxygens (including phenoxy) is 1. The van der Waals surface area contributed by atoms with Crippen LogP contribution in [0.2, 0.25) is 0 Å². The Morgan fingerprint density at radius 2 is 1.76 bits per heavy atom. The van der Waals surface area contributed by atoms with E-state index in [4.69, 9.17) is 4.74 Å². The molecule has 2 amide bonds. The van der Waals surface area contributed by atoms with Crippen molar-refractivity contribution >= 4 is 23.2 Å². The molecule has 3 aromatic rings. The van der Waals surface area contributed by atoms with E-state index in [-0.39, 0.29) is 24.8 Å². The molecule has 3 rings (SSSR count). The van der Waals surface area contributed by atoms with Crippen LogP contribution in [-0.4, -0.2) is 29.9 Å². The summed E-state index contributed by atoms with van der Waals surface area (Å²) in [5.74, 6) is 0.358. The van der Waals surface area contributed by atoms with E-state index in [0.29, 0.717) is 18.8 Å². The van der Waals surface area contributed by atoms with Gasteiger partial charge in [-0.25, -0.2) is 4.98 Å². The van der Waals surface area contributed by atoms with E-state index >= 15 is 0 Å². The average molecular weight is 410 g/mol. The topological polar surface area (TPSA) is 80.3 Å². The maximum Gasteiger partial charge on any atom is 0.239 e. The van der Waals surface area contributed by atoms with Gasteiger partial charge in [0, 0.05) is 17.5 Å². The van der Waals surface area contributed by atoms with E-state index in [1.54, 1.807) is 0 Å². The molecule has 1 heterocycles. The number of nitrogens with zero attached hydrogens (tertiary/aromatic N) is 1. The van der Waals surface area contributed by atoms with Gasteiger partial charge in [-0.1, -0.05) is 30.3 Å². The minimum absolute atomic E-state index is 0.0540. The van der Waals surface area contributed by atoms with Crippen molar-refractivity contribution in [2.24, 2.45) is 0 Å². The Labute approximate surface area is 173 Å². The van der Waals surface area contributed by atoms with Crippen molar-refractivity contribution in [1.82, 2.24) is 15.6 Å². The third-order valence-corrected chi connectivity index (χ3v) is 5.02. The molecule has 7 heteroatoms. The number of amides is 2. The summed E-state index contributed by atoms with van der Waals surface area (Å²) in [6.07, 6.45) is 0.138. The molecule has 0 spiro atoms. The number of rotatable bonds is 9. The monoisotopic (exact) mass is 409 g/mol. The zero-order valence-electron chi connectivity index (χ0n) is 16.2. The molecule has 150 valence electrons. The van der Waals surface area contributed by atoms with Crippen LogP contribution in [0, 0.1) is 0 Å². The lowest BCUT2D eigenvalue weighted by Crippen LogP contribution is -2.37. The third-order valence-electron chi connectivity index (χ3n) is 4.08. The normalized spacial score (nSPS) is 10.4. The Kier molecular flexibility index (Phi) is 7.35. The summed E-state index contributed by atoms with van der Waals surface area (Å²) in [4.78, 5) is 28.5. The number of hydrogen-bond donors (Lipinski definition) is 2. The lowest BCUT2D eigenvalue weighted by Gasteiger charge is -2.06. The second-order valence-electron chi connectivity index (χ2n) is 6.32. The van der Waals surface area contributed by atoms with Crippen LogP contribution in [0.1, 0.15) is 18.2 Å². The Morgan fingerprint density at radius 1 is 1.00 bits per heavy atom. The van der Waals surface area contributed by atoms with Gasteiger partial charge in [-0.05, 0) is 36.8 Å². The number of aromatic nitrogens is 1. The van der Waals surface area contributed by atoms with E-state index in [0.717, 1.165) is 21.9 Å². The summed E-state index contributed by atoms with van der Waals surface area (Å²) in [5.41, 5.74) is 2.67. The lowest BCUT2D eigenvalue weighted by atomic mass is 10.2. The molecule has 0 saturated carbocycles. The second kappa shape index (κ2) is 10.4. The van der Waals surface area contributed by atoms with Crippen molar-refractivity contribution in [3.05, 3.63) is 71.2 Å². The molecule has 0 fully saturated rings. The van der Waals surface area contributed by atoms with Gasteiger partial charge in [0.15, 0.2) is 0 Å².